The first-order valence-electron chi connectivity index (χ1n) is 13.6. The lowest BCUT2D eigenvalue weighted by Gasteiger charge is -2.36. The third-order valence-electron chi connectivity index (χ3n) is 7.78. The molecule has 0 radical (unpaired) electrons. The molecular weight excluding hydrogens is 583 g/mol. The Labute approximate surface area is 244 Å². The lowest BCUT2D eigenvalue weighted by atomic mass is 10.00. The largest absolute Gasteiger partial charge is 0.478 e. The lowest BCUT2D eigenvalue weighted by Crippen LogP contribution is -2.49. The average molecular weight is 613 g/mol. The van der Waals surface area contributed by atoms with Crippen molar-refractivity contribution in [3.05, 3.63) is 59.0 Å². The number of aromatic nitrogens is 3. The third kappa shape index (κ3) is 6.46. The maximum atomic E-state index is 13.9. The zero-order chi connectivity index (χ0) is 30.0. The van der Waals surface area contributed by atoms with Crippen LogP contribution in [0.3, 0.4) is 0 Å². The molecule has 4 heterocycles. The first kappa shape index (κ1) is 30.0. The Balaban J connectivity index is 1.32. The van der Waals surface area contributed by atoms with E-state index in [1.54, 1.807) is 17.2 Å². The van der Waals surface area contributed by atoms with E-state index in [9.17, 15) is 31.9 Å². The van der Waals surface area contributed by atoms with Crippen LogP contribution in [-0.4, -0.2) is 89.2 Å². The summed E-state index contributed by atoms with van der Waals surface area (Å²) >= 11 is 6.37. The SMILES string of the molecule is O=C(O)c1cnn(C2CCCN(c3cc(Cl)ccc3-c3ccc(N4CCN(CC(F)C(F)F)CC4)nc3)C2)c1C(F)F. The van der Waals surface area contributed by atoms with E-state index in [-0.39, 0.29) is 6.54 Å². The Morgan fingerprint density at radius 2 is 1.76 bits per heavy atom. The van der Waals surface area contributed by atoms with Crippen molar-refractivity contribution in [1.29, 1.82) is 0 Å². The van der Waals surface area contributed by atoms with Crippen molar-refractivity contribution in [3.63, 3.8) is 0 Å². The molecule has 2 saturated heterocycles. The fourth-order valence-corrected chi connectivity index (χ4v) is 5.81. The van der Waals surface area contributed by atoms with E-state index in [0.717, 1.165) is 27.7 Å². The van der Waals surface area contributed by atoms with Gasteiger partial charge in [0.15, 0.2) is 6.17 Å². The van der Waals surface area contributed by atoms with Crippen molar-refractivity contribution >= 4 is 29.1 Å². The summed E-state index contributed by atoms with van der Waals surface area (Å²) in [6.45, 7) is 2.63. The van der Waals surface area contributed by atoms with Crippen molar-refractivity contribution in [3.8, 4) is 11.1 Å². The molecule has 14 heteroatoms. The van der Waals surface area contributed by atoms with Gasteiger partial charge in [-0.1, -0.05) is 17.7 Å². The van der Waals surface area contributed by atoms with E-state index in [2.05, 4.69) is 10.1 Å². The number of halogens is 6. The minimum atomic E-state index is -2.99. The van der Waals surface area contributed by atoms with Crippen LogP contribution in [0, 0.1) is 0 Å². The Morgan fingerprint density at radius 3 is 2.40 bits per heavy atom. The summed E-state index contributed by atoms with van der Waals surface area (Å²) in [6.07, 6.45) is -4.20. The highest BCUT2D eigenvalue weighted by Crippen LogP contribution is 2.38. The summed E-state index contributed by atoms with van der Waals surface area (Å²) in [4.78, 5) is 21.8. The van der Waals surface area contributed by atoms with Gasteiger partial charge < -0.3 is 14.9 Å². The number of carboxylic acid groups (broad SMARTS) is 1. The van der Waals surface area contributed by atoms with E-state index in [0.29, 0.717) is 63.0 Å². The number of pyridine rings is 1. The predicted molar refractivity (Wildman–Crippen MR) is 149 cm³/mol. The highest BCUT2D eigenvalue weighted by atomic mass is 35.5. The van der Waals surface area contributed by atoms with Crippen molar-refractivity contribution in [1.82, 2.24) is 19.7 Å². The number of aromatic carboxylic acids is 1. The van der Waals surface area contributed by atoms with Gasteiger partial charge in [0.1, 0.15) is 17.1 Å². The van der Waals surface area contributed by atoms with Crippen molar-refractivity contribution in [2.45, 2.75) is 37.9 Å². The number of benzene rings is 1. The fraction of sp³-hybridized carbons (Fsp3) is 0.464. The molecule has 42 heavy (non-hydrogen) atoms. The van der Waals surface area contributed by atoms with Crippen LogP contribution in [0.25, 0.3) is 11.1 Å². The molecule has 0 amide bonds. The number of alkyl halides is 5. The number of carboxylic acids is 1. The first-order chi connectivity index (χ1) is 20.1. The third-order valence-corrected chi connectivity index (χ3v) is 8.01. The molecule has 2 atom stereocenters. The number of rotatable bonds is 9. The van der Waals surface area contributed by atoms with Gasteiger partial charge >= 0.3 is 5.97 Å². The number of hydrogen-bond donors (Lipinski definition) is 1. The Kier molecular flexibility index (Phi) is 9.16. The van der Waals surface area contributed by atoms with Crippen LogP contribution in [-0.2, 0) is 0 Å². The van der Waals surface area contributed by atoms with Gasteiger partial charge in [0.25, 0.3) is 12.9 Å². The number of anilines is 2. The standard InChI is InChI=1S/C28H30ClF5N6O2/c29-18-4-5-20(17-3-6-24(35-13-17)38-10-8-37(9-11-38)16-22(30)26(31)32)23(12-18)39-7-1-2-19(15-39)40-25(27(33)34)21(14-36-40)28(41)42/h3-6,12-14,19,22,26-27H,1-2,7-11,15-16H2,(H,41,42). The molecule has 0 spiro atoms. The smallest absolute Gasteiger partial charge is 0.339 e. The van der Waals surface area contributed by atoms with E-state index >= 15 is 0 Å². The summed E-state index contributed by atoms with van der Waals surface area (Å²) in [5, 5.41) is 13.9. The number of piperazine rings is 1. The Bertz CT molecular complexity index is 1380. The second-order valence-corrected chi connectivity index (χ2v) is 10.9. The van der Waals surface area contributed by atoms with Crippen LogP contribution in [0.2, 0.25) is 5.02 Å². The molecule has 1 aromatic carbocycles. The van der Waals surface area contributed by atoms with Crippen molar-refractivity contribution in [2.75, 3.05) is 55.6 Å². The van der Waals surface area contributed by atoms with Gasteiger partial charge in [0.2, 0.25) is 0 Å². The number of nitrogens with zero attached hydrogens (tertiary/aromatic N) is 6. The minimum absolute atomic E-state index is 0.293. The summed E-state index contributed by atoms with van der Waals surface area (Å²) in [5.41, 5.74) is 1.34. The van der Waals surface area contributed by atoms with Gasteiger partial charge in [0, 0.05) is 73.8 Å². The number of piperidine rings is 1. The molecule has 2 fully saturated rings. The van der Waals surface area contributed by atoms with E-state index in [4.69, 9.17) is 11.6 Å². The Morgan fingerprint density at radius 1 is 1.00 bits per heavy atom. The molecule has 2 aliphatic rings. The molecule has 8 nitrogen and oxygen atoms in total. The molecule has 0 bridgehead atoms. The molecule has 5 rings (SSSR count). The molecule has 0 saturated carbocycles. The van der Waals surface area contributed by atoms with Gasteiger partial charge in [-0.2, -0.15) is 5.10 Å². The lowest BCUT2D eigenvalue weighted by molar-refractivity contribution is 0.0266. The first-order valence-corrected chi connectivity index (χ1v) is 14.0. The van der Waals surface area contributed by atoms with Gasteiger partial charge in [-0.05, 0) is 37.1 Å². The zero-order valence-electron chi connectivity index (χ0n) is 22.5. The fourth-order valence-electron chi connectivity index (χ4n) is 5.65. The van der Waals surface area contributed by atoms with Gasteiger partial charge in [0.05, 0.1) is 12.2 Å². The van der Waals surface area contributed by atoms with Crippen molar-refractivity contribution in [2.24, 2.45) is 0 Å². The molecule has 1 N–H and O–H groups in total. The van der Waals surface area contributed by atoms with Crippen LogP contribution in [0.15, 0.2) is 42.7 Å². The molecular formula is C28H30ClF5N6O2. The maximum absolute atomic E-state index is 13.9. The van der Waals surface area contributed by atoms with Crippen LogP contribution in [0.4, 0.5) is 33.5 Å². The summed E-state index contributed by atoms with van der Waals surface area (Å²) in [6, 6.07) is 8.76. The zero-order valence-corrected chi connectivity index (χ0v) is 23.3. The molecule has 3 aromatic rings. The molecule has 0 aliphatic carbocycles. The Hall–Kier alpha value is -3.45. The van der Waals surface area contributed by atoms with Crippen LogP contribution >= 0.6 is 11.6 Å². The average Bonchev–Trinajstić information content (AvgIpc) is 3.44. The molecule has 2 aliphatic heterocycles. The highest BCUT2D eigenvalue weighted by molar-refractivity contribution is 6.31. The van der Waals surface area contributed by atoms with Gasteiger partial charge in [-0.15, -0.1) is 0 Å². The van der Waals surface area contributed by atoms with Crippen LogP contribution in [0.1, 0.15) is 41.4 Å². The van der Waals surface area contributed by atoms with Crippen molar-refractivity contribution < 1.29 is 31.9 Å². The number of hydrogen-bond acceptors (Lipinski definition) is 6. The molecule has 226 valence electrons. The maximum Gasteiger partial charge on any atom is 0.339 e. The predicted octanol–water partition coefficient (Wildman–Crippen LogP) is 5.80. The summed E-state index contributed by atoms with van der Waals surface area (Å²) in [5.74, 6) is -0.732. The van der Waals surface area contributed by atoms with Crippen LogP contribution in [0.5, 0.6) is 0 Å². The topological polar surface area (TPSA) is 77.7 Å². The highest BCUT2D eigenvalue weighted by Gasteiger charge is 2.31. The van der Waals surface area contributed by atoms with E-state index in [1.165, 1.54) is 0 Å². The van der Waals surface area contributed by atoms with E-state index < -0.39 is 42.3 Å². The normalized spacial score (nSPS) is 19.1. The van der Waals surface area contributed by atoms with E-state index in [1.807, 2.05) is 34.1 Å². The minimum Gasteiger partial charge on any atom is -0.478 e. The summed E-state index contributed by atoms with van der Waals surface area (Å²) < 4.78 is 67.4. The van der Waals surface area contributed by atoms with Gasteiger partial charge in [-0.3, -0.25) is 9.58 Å². The van der Waals surface area contributed by atoms with Crippen LogP contribution < -0.4 is 9.80 Å². The quantitative estimate of drug-likeness (QED) is 0.306. The summed E-state index contributed by atoms with van der Waals surface area (Å²) in [7, 11) is 0. The monoisotopic (exact) mass is 612 g/mol. The molecule has 2 unspecified atom stereocenters. The molecule has 2 aromatic heterocycles. The number of carbonyl (C=O) groups is 1. The second kappa shape index (κ2) is 12.8. The van der Waals surface area contributed by atoms with Gasteiger partial charge in [-0.25, -0.2) is 31.7 Å². The second-order valence-electron chi connectivity index (χ2n) is 10.4.